The molecule has 4 heteroatoms. The molecule has 130 valence electrons. The Morgan fingerprint density at radius 1 is 0.818 bits per heavy atom. The zero-order valence-corrected chi connectivity index (χ0v) is 16.9. The lowest BCUT2D eigenvalue weighted by Crippen LogP contribution is -2.22. The highest BCUT2D eigenvalue weighted by Gasteiger charge is 2.14. The highest BCUT2D eigenvalue weighted by Crippen LogP contribution is 2.28. The molecule has 1 aliphatic rings. The van der Waals surface area contributed by atoms with Gasteiger partial charge in [0.25, 0.3) is 0 Å². The Hall–Kier alpha value is 0.590. The molecule has 0 radical (unpaired) electrons. The van der Waals surface area contributed by atoms with Crippen LogP contribution in [0.25, 0.3) is 0 Å². The van der Waals surface area contributed by atoms with E-state index in [0.29, 0.717) is 0 Å². The van der Waals surface area contributed by atoms with Crippen LogP contribution in [0.1, 0.15) is 90.4 Å². The molecule has 0 bridgehead atoms. The average molecular weight is 362 g/mol. The Morgan fingerprint density at radius 3 is 1.86 bits per heavy atom. The van der Waals surface area contributed by atoms with Crippen molar-refractivity contribution in [3.05, 3.63) is 0 Å². The van der Waals surface area contributed by atoms with Gasteiger partial charge in [-0.05, 0) is 30.1 Å². The third-order valence-electron chi connectivity index (χ3n) is 4.33. The van der Waals surface area contributed by atoms with Crippen LogP contribution in [0.4, 0.5) is 0 Å². The minimum absolute atomic E-state index is 1.12. The van der Waals surface area contributed by atoms with E-state index >= 15 is 0 Å². The van der Waals surface area contributed by atoms with Gasteiger partial charge in [0.2, 0.25) is 0 Å². The van der Waals surface area contributed by atoms with Gasteiger partial charge in [0.15, 0.2) is 0 Å². The van der Waals surface area contributed by atoms with Crippen LogP contribution < -0.4 is 0 Å². The number of rotatable bonds is 13. The second-order valence-corrected chi connectivity index (χ2v) is 9.45. The summed E-state index contributed by atoms with van der Waals surface area (Å²) >= 11 is 5.47. The molecule has 0 N–H and O–H groups in total. The van der Waals surface area contributed by atoms with Gasteiger partial charge < -0.3 is 4.90 Å². The third-order valence-corrected chi connectivity index (χ3v) is 7.45. The molecule has 0 atom stereocenters. The first-order valence-electron chi connectivity index (χ1n) is 9.43. The molecular formula is C18H35NS3. The first-order chi connectivity index (χ1) is 10.8. The Bertz CT molecular complexity index is 265. The largest absolute Gasteiger partial charge is 0.357 e. The van der Waals surface area contributed by atoms with Crippen LogP contribution in [0, 0.1) is 0 Å². The van der Waals surface area contributed by atoms with Gasteiger partial charge in [-0.1, -0.05) is 94.1 Å². The maximum absolute atomic E-state index is 5.47. The van der Waals surface area contributed by atoms with Gasteiger partial charge in [-0.25, -0.2) is 0 Å². The van der Waals surface area contributed by atoms with Crippen molar-refractivity contribution in [1.82, 2.24) is 4.90 Å². The highest BCUT2D eigenvalue weighted by molar-refractivity contribution is 8.83. The number of nitrogens with zero attached hydrogens (tertiary/aromatic N) is 1. The number of hydrogen-bond acceptors (Lipinski definition) is 3. The van der Waals surface area contributed by atoms with Gasteiger partial charge in [-0.2, -0.15) is 0 Å². The van der Waals surface area contributed by atoms with E-state index in [4.69, 9.17) is 12.2 Å². The summed E-state index contributed by atoms with van der Waals surface area (Å²) in [5, 5.41) is 0. The normalized spacial score (nSPS) is 14.7. The van der Waals surface area contributed by atoms with Crippen molar-refractivity contribution in [2.24, 2.45) is 0 Å². The summed E-state index contributed by atoms with van der Waals surface area (Å²) in [6.45, 7) is 4.66. The molecule has 1 saturated heterocycles. The van der Waals surface area contributed by atoms with E-state index in [1.807, 2.05) is 21.6 Å². The molecule has 0 aromatic carbocycles. The van der Waals surface area contributed by atoms with Crippen LogP contribution in [-0.4, -0.2) is 28.1 Å². The molecule has 1 heterocycles. The number of hydrogen-bond donors (Lipinski definition) is 0. The summed E-state index contributed by atoms with van der Waals surface area (Å²) in [5.41, 5.74) is 0. The molecule has 0 spiro atoms. The number of unbranched alkanes of at least 4 members (excludes halogenated alkanes) is 10. The van der Waals surface area contributed by atoms with Crippen LogP contribution in [0.2, 0.25) is 0 Å². The Morgan fingerprint density at radius 2 is 1.32 bits per heavy atom. The summed E-state index contributed by atoms with van der Waals surface area (Å²) in [4.78, 5) is 2.37. The number of thiocarbonyl (C=S) groups is 1. The van der Waals surface area contributed by atoms with E-state index in [9.17, 15) is 0 Å². The van der Waals surface area contributed by atoms with E-state index in [0.717, 1.165) is 4.32 Å². The van der Waals surface area contributed by atoms with Crippen LogP contribution >= 0.6 is 33.8 Å². The van der Waals surface area contributed by atoms with Crippen molar-refractivity contribution >= 4 is 38.1 Å². The molecule has 22 heavy (non-hydrogen) atoms. The van der Waals surface area contributed by atoms with Gasteiger partial charge in [0.1, 0.15) is 4.32 Å². The van der Waals surface area contributed by atoms with Crippen LogP contribution in [0.3, 0.4) is 0 Å². The van der Waals surface area contributed by atoms with Crippen LogP contribution in [-0.2, 0) is 0 Å². The molecule has 0 aromatic heterocycles. The minimum atomic E-state index is 1.12. The van der Waals surface area contributed by atoms with Crippen molar-refractivity contribution in [2.45, 2.75) is 90.4 Å². The minimum Gasteiger partial charge on any atom is -0.357 e. The maximum atomic E-state index is 5.47. The second kappa shape index (κ2) is 15.1. The Kier molecular flexibility index (Phi) is 14.2. The molecule has 0 amide bonds. The molecule has 1 rings (SSSR count). The van der Waals surface area contributed by atoms with Crippen molar-refractivity contribution in [3.63, 3.8) is 0 Å². The molecule has 0 aliphatic carbocycles. The second-order valence-electron chi connectivity index (χ2n) is 6.40. The van der Waals surface area contributed by atoms with E-state index in [1.165, 1.54) is 102 Å². The van der Waals surface area contributed by atoms with Crippen molar-refractivity contribution in [1.29, 1.82) is 0 Å². The topological polar surface area (TPSA) is 3.24 Å². The van der Waals surface area contributed by atoms with Gasteiger partial charge in [-0.3, -0.25) is 0 Å². The molecule has 0 saturated carbocycles. The average Bonchev–Trinajstić information content (AvgIpc) is 3.06. The first kappa shape index (κ1) is 20.6. The fourth-order valence-electron chi connectivity index (χ4n) is 2.87. The standard InChI is InChI=1S/C18H35NS3/c1-2-3-4-5-6-7-8-9-10-11-14-17-21-22-18(20)19-15-12-13-16-19/h2-17H2,1H3. The lowest BCUT2D eigenvalue weighted by molar-refractivity contribution is 0.539. The summed E-state index contributed by atoms with van der Waals surface area (Å²) in [6.07, 6.45) is 18.3. The first-order valence-corrected chi connectivity index (χ1v) is 12.2. The van der Waals surface area contributed by atoms with E-state index in [-0.39, 0.29) is 0 Å². The van der Waals surface area contributed by atoms with Crippen molar-refractivity contribution in [2.75, 3.05) is 18.8 Å². The fraction of sp³-hybridized carbons (Fsp3) is 0.944. The van der Waals surface area contributed by atoms with E-state index in [2.05, 4.69) is 11.8 Å². The molecule has 1 fully saturated rings. The summed E-state index contributed by atoms with van der Waals surface area (Å²) in [5.74, 6) is 1.26. The van der Waals surface area contributed by atoms with Gasteiger partial charge in [-0.15, -0.1) is 0 Å². The molecule has 1 aliphatic heterocycles. The Labute approximate surface area is 152 Å². The van der Waals surface area contributed by atoms with Crippen LogP contribution in [0.5, 0.6) is 0 Å². The van der Waals surface area contributed by atoms with Gasteiger partial charge in [0.05, 0.1) is 0 Å². The lowest BCUT2D eigenvalue weighted by Gasteiger charge is -2.16. The molecule has 1 nitrogen and oxygen atoms in total. The van der Waals surface area contributed by atoms with Gasteiger partial charge >= 0.3 is 0 Å². The van der Waals surface area contributed by atoms with E-state index in [1.54, 1.807) is 0 Å². The zero-order chi connectivity index (χ0) is 15.9. The summed E-state index contributed by atoms with van der Waals surface area (Å²) < 4.78 is 1.12. The number of likely N-dealkylation sites (tertiary alicyclic amines) is 1. The Balaban J connectivity index is 1.73. The third kappa shape index (κ3) is 11.2. The molecule has 0 unspecified atom stereocenters. The van der Waals surface area contributed by atoms with Crippen LogP contribution in [0.15, 0.2) is 0 Å². The van der Waals surface area contributed by atoms with E-state index < -0.39 is 0 Å². The van der Waals surface area contributed by atoms with Crippen molar-refractivity contribution in [3.8, 4) is 0 Å². The predicted molar refractivity (Wildman–Crippen MR) is 110 cm³/mol. The fourth-order valence-corrected chi connectivity index (χ4v) is 5.50. The highest BCUT2D eigenvalue weighted by atomic mass is 33.1. The zero-order valence-electron chi connectivity index (χ0n) is 14.5. The lowest BCUT2D eigenvalue weighted by atomic mass is 10.1. The summed E-state index contributed by atoms with van der Waals surface area (Å²) in [7, 11) is 3.79. The molecular weight excluding hydrogens is 326 g/mol. The monoisotopic (exact) mass is 361 g/mol. The summed E-state index contributed by atoms with van der Waals surface area (Å²) in [6, 6.07) is 0. The van der Waals surface area contributed by atoms with Gasteiger partial charge in [0, 0.05) is 18.8 Å². The quantitative estimate of drug-likeness (QED) is 0.196. The smallest absolute Gasteiger partial charge is 0.147 e. The SMILES string of the molecule is CCCCCCCCCCCCCSSC(=S)N1CCCC1. The molecule has 0 aromatic rings. The maximum Gasteiger partial charge on any atom is 0.147 e. The van der Waals surface area contributed by atoms with Crippen molar-refractivity contribution < 1.29 is 0 Å². The predicted octanol–water partition coefficient (Wildman–Crippen LogP) is 7.06.